The topological polar surface area (TPSA) is 39.1 Å². The van der Waals surface area contributed by atoms with Crippen LogP contribution in [0.5, 0.6) is 0 Å². The second-order valence-electron chi connectivity index (χ2n) is 5.30. The van der Waals surface area contributed by atoms with Crippen LogP contribution < -0.4 is 5.32 Å². The maximum absolute atomic E-state index is 5.61. The molecule has 0 saturated carbocycles. The van der Waals surface area contributed by atoms with Gasteiger partial charge in [0.1, 0.15) is 0 Å². The monoisotopic (exact) mass is 271 g/mol. The molecule has 0 aliphatic carbocycles. The minimum Gasteiger partial charge on any atom is -0.381 e. The maximum atomic E-state index is 5.61. The number of para-hydroxylation sites is 1. The Kier molecular flexibility index (Phi) is 4.14. The fourth-order valence-electron chi connectivity index (χ4n) is 2.92. The van der Waals surface area contributed by atoms with Crippen LogP contribution in [0.15, 0.2) is 42.7 Å². The molecule has 2 atom stereocenters. The van der Waals surface area contributed by atoms with Gasteiger partial charge in [-0.15, -0.1) is 0 Å². The highest BCUT2D eigenvalue weighted by Crippen LogP contribution is 2.28. The molecule has 2 aromatic rings. The van der Waals surface area contributed by atoms with Crippen LogP contribution in [0.25, 0.3) is 5.69 Å². The summed E-state index contributed by atoms with van der Waals surface area (Å²) in [5.41, 5.74) is 2.32. The molecule has 0 radical (unpaired) electrons. The van der Waals surface area contributed by atoms with Gasteiger partial charge < -0.3 is 10.1 Å². The Labute approximate surface area is 119 Å². The normalized spacial score (nSPS) is 20.8. The lowest BCUT2D eigenvalue weighted by Crippen LogP contribution is -2.31. The number of ether oxygens (including phenoxy) is 1. The summed E-state index contributed by atoms with van der Waals surface area (Å²) in [6.07, 6.45) is 6.44. The SMILES string of the molecule is CNC(c1cnn(-c2ccccc2)c1)C1CCCOC1. The molecule has 0 amide bonds. The van der Waals surface area contributed by atoms with Gasteiger partial charge >= 0.3 is 0 Å². The van der Waals surface area contributed by atoms with Crippen LogP contribution in [0.1, 0.15) is 24.4 Å². The summed E-state index contributed by atoms with van der Waals surface area (Å²) >= 11 is 0. The smallest absolute Gasteiger partial charge is 0.0645 e. The van der Waals surface area contributed by atoms with E-state index in [1.807, 2.05) is 36.1 Å². The largest absolute Gasteiger partial charge is 0.381 e. The zero-order valence-corrected chi connectivity index (χ0v) is 11.8. The van der Waals surface area contributed by atoms with E-state index >= 15 is 0 Å². The quantitative estimate of drug-likeness (QED) is 0.929. The fraction of sp³-hybridized carbons (Fsp3) is 0.438. The Morgan fingerprint density at radius 2 is 2.20 bits per heavy atom. The molecule has 20 heavy (non-hydrogen) atoms. The molecule has 2 heterocycles. The number of hydrogen-bond donors (Lipinski definition) is 1. The summed E-state index contributed by atoms with van der Waals surface area (Å²) in [4.78, 5) is 0. The lowest BCUT2D eigenvalue weighted by molar-refractivity contribution is 0.0402. The van der Waals surface area contributed by atoms with Crippen molar-refractivity contribution in [2.45, 2.75) is 18.9 Å². The molecule has 1 aliphatic rings. The van der Waals surface area contributed by atoms with Crippen molar-refractivity contribution in [2.24, 2.45) is 5.92 Å². The van der Waals surface area contributed by atoms with E-state index in [4.69, 9.17) is 4.74 Å². The van der Waals surface area contributed by atoms with Gasteiger partial charge in [0.25, 0.3) is 0 Å². The highest BCUT2D eigenvalue weighted by molar-refractivity contribution is 5.31. The van der Waals surface area contributed by atoms with Crippen molar-refractivity contribution in [1.82, 2.24) is 15.1 Å². The Balaban J connectivity index is 1.80. The van der Waals surface area contributed by atoms with Crippen LogP contribution in [0.3, 0.4) is 0 Å². The molecule has 1 aliphatic heterocycles. The molecule has 4 nitrogen and oxygen atoms in total. The van der Waals surface area contributed by atoms with Crippen LogP contribution >= 0.6 is 0 Å². The van der Waals surface area contributed by atoms with E-state index < -0.39 is 0 Å². The van der Waals surface area contributed by atoms with Crippen LogP contribution in [-0.2, 0) is 4.74 Å². The van der Waals surface area contributed by atoms with Crippen molar-refractivity contribution < 1.29 is 4.74 Å². The first-order valence-corrected chi connectivity index (χ1v) is 7.23. The lowest BCUT2D eigenvalue weighted by atomic mass is 9.90. The van der Waals surface area contributed by atoms with E-state index in [9.17, 15) is 0 Å². The Bertz CT molecular complexity index is 532. The van der Waals surface area contributed by atoms with Crippen molar-refractivity contribution in [3.8, 4) is 5.69 Å². The number of benzene rings is 1. The molecule has 0 bridgehead atoms. The minimum atomic E-state index is 0.313. The molecule has 2 unspecified atom stereocenters. The van der Waals surface area contributed by atoms with Gasteiger partial charge in [-0.05, 0) is 32.0 Å². The van der Waals surface area contributed by atoms with Gasteiger partial charge in [0.2, 0.25) is 0 Å². The van der Waals surface area contributed by atoms with E-state index in [0.717, 1.165) is 25.3 Å². The third kappa shape index (κ3) is 2.76. The van der Waals surface area contributed by atoms with Gasteiger partial charge in [-0.25, -0.2) is 4.68 Å². The van der Waals surface area contributed by atoms with Crippen LogP contribution in [0, 0.1) is 5.92 Å². The van der Waals surface area contributed by atoms with Gasteiger partial charge in [0, 0.05) is 30.3 Å². The second-order valence-corrected chi connectivity index (χ2v) is 5.30. The van der Waals surface area contributed by atoms with E-state index in [-0.39, 0.29) is 0 Å². The first-order chi connectivity index (χ1) is 9.88. The molecule has 1 aromatic heterocycles. The molecule has 106 valence electrons. The summed E-state index contributed by atoms with van der Waals surface area (Å²) in [5, 5.41) is 7.91. The third-order valence-corrected chi connectivity index (χ3v) is 3.96. The standard InChI is InChI=1S/C16H21N3O/c1-17-16(13-6-5-9-20-12-13)14-10-18-19(11-14)15-7-3-2-4-8-15/h2-4,7-8,10-11,13,16-17H,5-6,9,12H2,1H3. The summed E-state index contributed by atoms with van der Waals surface area (Å²) in [5.74, 6) is 0.530. The van der Waals surface area contributed by atoms with Gasteiger partial charge in [0.05, 0.1) is 18.5 Å². The molecule has 3 rings (SSSR count). The molecule has 0 spiro atoms. The zero-order valence-electron chi connectivity index (χ0n) is 11.8. The van der Waals surface area contributed by atoms with Crippen LogP contribution in [0.2, 0.25) is 0 Å². The van der Waals surface area contributed by atoms with E-state index in [1.54, 1.807) is 0 Å². The highest BCUT2D eigenvalue weighted by Gasteiger charge is 2.25. The predicted octanol–water partition coefficient (Wildman–Crippen LogP) is 2.56. The van der Waals surface area contributed by atoms with Gasteiger partial charge in [-0.2, -0.15) is 5.10 Å². The summed E-state index contributed by atoms with van der Waals surface area (Å²) in [6.45, 7) is 1.73. The average Bonchev–Trinajstić information content (AvgIpc) is 3.00. The summed E-state index contributed by atoms with van der Waals surface area (Å²) in [6, 6.07) is 10.5. The van der Waals surface area contributed by atoms with Crippen molar-refractivity contribution in [2.75, 3.05) is 20.3 Å². The Morgan fingerprint density at radius 3 is 2.90 bits per heavy atom. The van der Waals surface area contributed by atoms with Crippen LogP contribution in [0.4, 0.5) is 0 Å². The molecule has 4 heteroatoms. The molecule has 1 saturated heterocycles. The molecule has 1 fully saturated rings. The Hall–Kier alpha value is -1.65. The Morgan fingerprint density at radius 1 is 1.35 bits per heavy atom. The van der Waals surface area contributed by atoms with Crippen molar-refractivity contribution >= 4 is 0 Å². The van der Waals surface area contributed by atoms with Gasteiger partial charge in [-0.3, -0.25) is 0 Å². The van der Waals surface area contributed by atoms with E-state index in [0.29, 0.717) is 12.0 Å². The average molecular weight is 271 g/mol. The molecule has 1 aromatic carbocycles. The number of nitrogens with one attached hydrogen (secondary N) is 1. The second kappa shape index (κ2) is 6.20. The first kappa shape index (κ1) is 13.3. The number of rotatable bonds is 4. The van der Waals surface area contributed by atoms with Crippen molar-refractivity contribution in [3.63, 3.8) is 0 Å². The van der Waals surface area contributed by atoms with Crippen LogP contribution in [-0.4, -0.2) is 30.0 Å². The van der Waals surface area contributed by atoms with Crippen molar-refractivity contribution in [1.29, 1.82) is 0 Å². The maximum Gasteiger partial charge on any atom is 0.0645 e. The summed E-state index contributed by atoms with van der Waals surface area (Å²) in [7, 11) is 2.01. The van der Waals surface area contributed by atoms with Crippen molar-refractivity contribution in [3.05, 3.63) is 48.3 Å². The van der Waals surface area contributed by atoms with E-state index in [1.165, 1.54) is 12.0 Å². The first-order valence-electron chi connectivity index (χ1n) is 7.23. The molecular weight excluding hydrogens is 250 g/mol. The predicted molar refractivity (Wildman–Crippen MR) is 78.9 cm³/mol. The number of aromatic nitrogens is 2. The zero-order chi connectivity index (χ0) is 13.8. The number of hydrogen-bond acceptors (Lipinski definition) is 3. The third-order valence-electron chi connectivity index (χ3n) is 3.96. The molecular formula is C16H21N3O. The molecule has 1 N–H and O–H groups in total. The lowest BCUT2D eigenvalue weighted by Gasteiger charge is -2.29. The number of nitrogens with zero attached hydrogens (tertiary/aromatic N) is 2. The highest BCUT2D eigenvalue weighted by atomic mass is 16.5. The van der Waals surface area contributed by atoms with E-state index in [2.05, 4.69) is 28.7 Å². The fourth-order valence-corrected chi connectivity index (χ4v) is 2.92. The van der Waals surface area contributed by atoms with Gasteiger partial charge in [0.15, 0.2) is 0 Å². The van der Waals surface area contributed by atoms with Gasteiger partial charge in [-0.1, -0.05) is 18.2 Å². The minimum absolute atomic E-state index is 0.313. The summed E-state index contributed by atoms with van der Waals surface area (Å²) < 4.78 is 7.54.